The normalized spacial score (nSPS) is 12.5. The summed E-state index contributed by atoms with van der Waals surface area (Å²) in [5, 5.41) is 3.30. The molecule has 0 unspecified atom stereocenters. The van der Waals surface area contributed by atoms with E-state index in [1.54, 1.807) is 25.1 Å². The molecule has 0 fully saturated rings. The first-order chi connectivity index (χ1) is 12.6. The highest BCUT2D eigenvalue weighted by molar-refractivity contribution is 7.89. The molecule has 27 heavy (non-hydrogen) atoms. The van der Waals surface area contributed by atoms with Crippen molar-refractivity contribution < 1.29 is 17.9 Å². The Kier molecular flexibility index (Phi) is 7.11. The van der Waals surface area contributed by atoms with Crippen LogP contribution >= 0.6 is 23.2 Å². The molecular weight excluding hydrogens is 411 g/mol. The van der Waals surface area contributed by atoms with Crippen molar-refractivity contribution in [3.05, 3.63) is 52.0 Å². The van der Waals surface area contributed by atoms with Crippen molar-refractivity contribution in [2.24, 2.45) is 0 Å². The minimum Gasteiger partial charge on any atom is -0.492 e. The third-order valence-corrected chi connectivity index (χ3v) is 5.92. The van der Waals surface area contributed by atoms with Crippen molar-refractivity contribution in [2.45, 2.75) is 31.7 Å². The average molecular weight is 431 g/mol. The maximum absolute atomic E-state index is 12.5. The molecule has 6 nitrogen and oxygen atoms in total. The van der Waals surface area contributed by atoms with Gasteiger partial charge in [0.05, 0.1) is 22.6 Å². The molecule has 9 heteroatoms. The lowest BCUT2D eigenvalue weighted by Gasteiger charge is -2.15. The van der Waals surface area contributed by atoms with E-state index in [1.165, 1.54) is 25.1 Å². The Morgan fingerprint density at radius 1 is 1.15 bits per heavy atom. The van der Waals surface area contributed by atoms with Crippen LogP contribution in [0.2, 0.25) is 10.0 Å². The van der Waals surface area contributed by atoms with Crippen molar-refractivity contribution in [1.29, 1.82) is 0 Å². The number of carbonyl (C=O) groups excluding carboxylic acids is 1. The van der Waals surface area contributed by atoms with E-state index in [-0.39, 0.29) is 9.92 Å². The number of nitrogens with one attached hydrogen (secondary N) is 2. The molecule has 0 spiro atoms. The molecule has 1 amide bonds. The highest BCUT2D eigenvalue weighted by Crippen LogP contribution is 2.27. The zero-order valence-electron chi connectivity index (χ0n) is 15.0. The number of aryl methyl sites for hydroxylation is 1. The summed E-state index contributed by atoms with van der Waals surface area (Å²) in [7, 11) is -3.94. The Labute approximate surface area is 168 Å². The van der Waals surface area contributed by atoms with Gasteiger partial charge in [-0.25, -0.2) is 8.42 Å². The fraction of sp³-hybridized carbons (Fsp3) is 0.278. The van der Waals surface area contributed by atoms with Crippen molar-refractivity contribution in [1.82, 2.24) is 4.72 Å². The second kappa shape index (κ2) is 8.93. The lowest BCUT2D eigenvalue weighted by atomic mass is 10.2. The summed E-state index contributed by atoms with van der Waals surface area (Å²) in [4.78, 5) is 12.2. The topological polar surface area (TPSA) is 84.5 Å². The van der Waals surface area contributed by atoms with E-state index in [9.17, 15) is 13.2 Å². The van der Waals surface area contributed by atoms with Gasteiger partial charge in [-0.15, -0.1) is 0 Å². The number of sulfonamides is 1. The van der Waals surface area contributed by atoms with Gasteiger partial charge in [0.1, 0.15) is 5.75 Å². The zero-order valence-corrected chi connectivity index (χ0v) is 17.4. The fourth-order valence-electron chi connectivity index (χ4n) is 2.20. The minimum absolute atomic E-state index is 0.0611. The van der Waals surface area contributed by atoms with Gasteiger partial charge in [0.15, 0.2) is 0 Å². The van der Waals surface area contributed by atoms with Crippen LogP contribution in [0.3, 0.4) is 0 Å². The van der Waals surface area contributed by atoms with E-state index in [0.717, 1.165) is 5.56 Å². The highest BCUT2D eigenvalue weighted by atomic mass is 35.5. The number of halogens is 2. The summed E-state index contributed by atoms with van der Waals surface area (Å²) in [5.41, 5.74) is 1.35. The predicted molar refractivity (Wildman–Crippen MR) is 107 cm³/mol. The highest BCUT2D eigenvalue weighted by Gasteiger charge is 2.23. The first-order valence-corrected chi connectivity index (χ1v) is 10.4. The van der Waals surface area contributed by atoms with Gasteiger partial charge in [-0.2, -0.15) is 4.72 Å². The molecule has 2 aromatic carbocycles. The molecule has 0 saturated carbocycles. The number of hydrogen-bond donors (Lipinski definition) is 2. The van der Waals surface area contributed by atoms with Crippen molar-refractivity contribution in [2.75, 3.05) is 11.9 Å². The van der Waals surface area contributed by atoms with E-state index in [1.807, 2.05) is 6.92 Å². The Bertz CT molecular complexity index is 948. The number of rotatable bonds is 7. The fourth-order valence-corrected chi connectivity index (χ4v) is 3.91. The maximum atomic E-state index is 12.5. The standard InChI is InChI=1S/C18H20Cl2N2O4S/c1-4-26-17-8-7-14(10-16(17)20)27(24,25)22-12(3)18(23)21-13-6-5-11(2)15(19)9-13/h5-10,12,22H,4H2,1-3H3,(H,21,23)/t12-/m1/s1. The molecule has 1 atom stereocenters. The predicted octanol–water partition coefficient (Wildman–Crippen LogP) is 4.01. The van der Waals surface area contributed by atoms with Crippen LogP contribution in [-0.4, -0.2) is 27.0 Å². The smallest absolute Gasteiger partial charge is 0.242 e. The molecule has 0 radical (unpaired) electrons. The van der Waals surface area contributed by atoms with Crippen LogP contribution in [0.5, 0.6) is 5.75 Å². The second-order valence-corrected chi connectivity index (χ2v) is 8.35. The molecule has 0 bridgehead atoms. The lowest BCUT2D eigenvalue weighted by molar-refractivity contribution is -0.117. The Morgan fingerprint density at radius 2 is 1.85 bits per heavy atom. The van der Waals surface area contributed by atoms with Gasteiger partial charge in [-0.3, -0.25) is 4.79 Å². The summed E-state index contributed by atoms with van der Waals surface area (Å²) >= 11 is 12.1. The van der Waals surface area contributed by atoms with Crippen LogP contribution in [0.15, 0.2) is 41.3 Å². The largest absolute Gasteiger partial charge is 0.492 e. The third-order valence-electron chi connectivity index (χ3n) is 3.68. The van der Waals surface area contributed by atoms with Gasteiger partial charge >= 0.3 is 0 Å². The van der Waals surface area contributed by atoms with Crippen molar-refractivity contribution in [3.8, 4) is 5.75 Å². The number of benzene rings is 2. The van der Waals surface area contributed by atoms with Crippen LogP contribution in [-0.2, 0) is 14.8 Å². The number of hydrogen-bond acceptors (Lipinski definition) is 4. The van der Waals surface area contributed by atoms with E-state index in [0.29, 0.717) is 23.1 Å². The summed E-state index contributed by atoms with van der Waals surface area (Å²) in [6.45, 7) is 5.49. The summed E-state index contributed by atoms with van der Waals surface area (Å²) < 4.78 is 32.6. The third kappa shape index (κ3) is 5.59. The molecule has 2 aromatic rings. The number of amides is 1. The van der Waals surface area contributed by atoms with Crippen molar-refractivity contribution >= 4 is 44.8 Å². The molecule has 0 aromatic heterocycles. The maximum Gasteiger partial charge on any atom is 0.242 e. The zero-order chi connectivity index (χ0) is 20.2. The van der Waals surface area contributed by atoms with Crippen LogP contribution < -0.4 is 14.8 Å². The molecule has 146 valence electrons. The van der Waals surface area contributed by atoms with Gasteiger partial charge in [0, 0.05) is 10.7 Å². The SMILES string of the molecule is CCOc1ccc(S(=O)(=O)N[C@H](C)C(=O)Nc2ccc(C)c(Cl)c2)cc1Cl. The van der Waals surface area contributed by atoms with E-state index in [2.05, 4.69) is 10.0 Å². The van der Waals surface area contributed by atoms with E-state index < -0.39 is 22.0 Å². The molecule has 0 aliphatic heterocycles. The second-order valence-electron chi connectivity index (χ2n) is 5.82. The van der Waals surface area contributed by atoms with Crippen LogP contribution in [0.1, 0.15) is 19.4 Å². The minimum atomic E-state index is -3.94. The van der Waals surface area contributed by atoms with Gasteiger partial charge in [0.25, 0.3) is 0 Å². The molecule has 2 rings (SSSR count). The monoisotopic (exact) mass is 430 g/mol. The first-order valence-electron chi connectivity index (χ1n) is 8.15. The van der Waals surface area contributed by atoms with E-state index >= 15 is 0 Å². The Balaban J connectivity index is 2.10. The van der Waals surface area contributed by atoms with E-state index in [4.69, 9.17) is 27.9 Å². The molecular formula is C18H20Cl2N2O4S. The Hall–Kier alpha value is -1.80. The quantitative estimate of drug-likeness (QED) is 0.694. The lowest BCUT2D eigenvalue weighted by Crippen LogP contribution is -2.41. The summed E-state index contributed by atoms with van der Waals surface area (Å²) in [6, 6.07) is 8.15. The molecule has 2 N–H and O–H groups in total. The van der Waals surface area contributed by atoms with Crippen LogP contribution in [0.25, 0.3) is 0 Å². The van der Waals surface area contributed by atoms with Gasteiger partial charge in [0.2, 0.25) is 15.9 Å². The summed E-state index contributed by atoms with van der Waals surface area (Å²) in [5.74, 6) is -0.129. The molecule has 0 aliphatic carbocycles. The number of carbonyl (C=O) groups is 1. The summed E-state index contributed by atoms with van der Waals surface area (Å²) in [6.07, 6.45) is 0. The van der Waals surface area contributed by atoms with Crippen LogP contribution in [0.4, 0.5) is 5.69 Å². The Morgan fingerprint density at radius 3 is 2.44 bits per heavy atom. The van der Waals surface area contributed by atoms with Crippen molar-refractivity contribution in [3.63, 3.8) is 0 Å². The molecule has 0 saturated heterocycles. The number of ether oxygens (including phenoxy) is 1. The van der Waals surface area contributed by atoms with Crippen LogP contribution in [0, 0.1) is 6.92 Å². The van der Waals surface area contributed by atoms with Gasteiger partial charge < -0.3 is 10.1 Å². The average Bonchev–Trinajstić information content (AvgIpc) is 2.59. The first kappa shape index (κ1) is 21.5. The van der Waals surface area contributed by atoms with Gasteiger partial charge in [-0.05, 0) is 56.7 Å². The molecule has 0 heterocycles. The molecule has 0 aliphatic rings. The number of anilines is 1. The van der Waals surface area contributed by atoms with Gasteiger partial charge in [-0.1, -0.05) is 29.3 Å².